The highest BCUT2D eigenvalue weighted by atomic mass is 35.5. The van der Waals surface area contributed by atoms with Gasteiger partial charge in [0.25, 0.3) is 0 Å². The Balaban J connectivity index is 1.73. The summed E-state index contributed by atoms with van der Waals surface area (Å²) in [4.78, 5) is 16.3. The second-order valence-electron chi connectivity index (χ2n) is 5.39. The highest BCUT2D eigenvalue weighted by molar-refractivity contribution is 7.89. The van der Waals surface area contributed by atoms with Crippen molar-refractivity contribution in [1.29, 1.82) is 0 Å². The van der Waals surface area contributed by atoms with E-state index in [0.717, 1.165) is 11.6 Å². The first kappa shape index (κ1) is 19.8. The molecule has 2 aromatic carbocycles. The second kappa shape index (κ2) is 7.95. The van der Waals surface area contributed by atoms with Crippen LogP contribution in [0.4, 0.5) is 0 Å². The van der Waals surface area contributed by atoms with Gasteiger partial charge in [-0.2, -0.15) is 0 Å². The molecule has 0 bridgehead atoms. The molecule has 0 atom stereocenters. The molecule has 0 spiro atoms. The Kier molecular flexibility index (Phi) is 5.83. The molecule has 6 nitrogen and oxygen atoms in total. The van der Waals surface area contributed by atoms with E-state index < -0.39 is 16.0 Å². The molecule has 140 valence electrons. The molecule has 27 heavy (non-hydrogen) atoms. The number of aromatic nitrogens is 1. The molecule has 0 saturated heterocycles. The number of thiazole rings is 1. The minimum atomic E-state index is -4.05. The van der Waals surface area contributed by atoms with E-state index in [2.05, 4.69) is 4.98 Å². The van der Waals surface area contributed by atoms with Gasteiger partial charge in [-0.05, 0) is 24.3 Å². The number of nitrogens with two attached hydrogens (primary N) is 1. The van der Waals surface area contributed by atoms with Crippen LogP contribution in [0.2, 0.25) is 10.0 Å². The number of hydrogen-bond donors (Lipinski definition) is 1. The van der Waals surface area contributed by atoms with E-state index in [-0.39, 0.29) is 22.1 Å². The fraction of sp³-hybridized carbons (Fsp3) is 0.0588. The summed E-state index contributed by atoms with van der Waals surface area (Å²) in [6, 6.07) is 11.0. The third-order valence-electron chi connectivity index (χ3n) is 3.48. The highest BCUT2D eigenvalue weighted by Gasteiger charge is 2.17. The fourth-order valence-corrected chi connectivity index (χ4v) is 4.40. The number of rotatable bonds is 5. The lowest BCUT2D eigenvalue weighted by atomic mass is 10.2. The maximum Gasteiger partial charge on any atom is 0.338 e. The molecule has 0 unspecified atom stereocenters. The minimum Gasteiger partial charge on any atom is -0.456 e. The van der Waals surface area contributed by atoms with Gasteiger partial charge in [0.2, 0.25) is 10.0 Å². The summed E-state index contributed by atoms with van der Waals surface area (Å²) in [7, 11) is -4.05. The Morgan fingerprint density at radius 1 is 1.15 bits per heavy atom. The summed E-state index contributed by atoms with van der Waals surface area (Å²) < 4.78 is 28.2. The summed E-state index contributed by atoms with van der Waals surface area (Å²) in [6.07, 6.45) is 0. The molecule has 0 radical (unpaired) electrons. The zero-order chi connectivity index (χ0) is 19.6. The Bertz CT molecular complexity index is 1110. The van der Waals surface area contributed by atoms with Crippen LogP contribution in [0.3, 0.4) is 0 Å². The third kappa shape index (κ3) is 4.66. The topological polar surface area (TPSA) is 99.4 Å². The van der Waals surface area contributed by atoms with Crippen LogP contribution in [0.15, 0.2) is 52.7 Å². The van der Waals surface area contributed by atoms with Gasteiger partial charge in [0.1, 0.15) is 16.5 Å². The Labute approximate surface area is 169 Å². The molecule has 0 fully saturated rings. The van der Waals surface area contributed by atoms with Gasteiger partial charge in [-0.1, -0.05) is 41.4 Å². The minimum absolute atomic E-state index is 0.0185. The number of benzene rings is 2. The molecule has 0 saturated carbocycles. The van der Waals surface area contributed by atoms with Gasteiger partial charge in [0, 0.05) is 10.9 Å². The number of primary sulfonamides is 1. The van der Waals surface area contributed by atoms with Gasteiger partial charge < -0.3 is 4.74 Å². The van der Waals surface area contributed by atoms with Crippen LogP contribution in [-0.4, -0.2) is 19.4 Å². The van der Waals surface area contributed by atoms with Crippen molar-refractivity contribution in [3.8, 4) is 10.6 Å². The normalized spacial score (nSPS) is 11.4. The van der Waals surface area contributed by atoms with Crippen LogP contribution in [0, 0.1) is 0 Å². The maximum absolute atomic E-state index is 12.2. The monoisotopic (exact) mass is 442 g/mol. The molecule has 2 N–H and O–H groups in total. The first-order valence-corrected chi connectivity index (χ1v) is 10.6. The molecule has 3 rings (SSSR count). The van der Waals surface area contributed by atoms with E-state index in [1.807, 2.05) is 18.2 Å². The van der Waals surface area contributed by atoms with Gasteiger partial charge in [-0.15, -0.1) is 11.3 Å². The predicted octanol–water partition coefficient (Wildman–Crippen LogP) is 4.12. The van der Waals surface area contributed by atoms with E-state index in [0.29, 0.717) is 15.7 Å². The predicted molar refractivity (Wildman–Crippen MR) is 105 cm³/mol. The number of nitrogens with zero attached hydrogens (tertiary/aromatic N) is 1. The van der Waals surface area contributed by atoms with Crippen molar-refractivity contribution in [2.24, 2.45) is 5.14 Å². The maximum atomic E-state index is 12.2. The van der Waals surface area contributed by atoms with Crippen LogP contribution in [0.5, 0.6) is 0 Å². The van der Waals surface area contributed by atoms with Gasteiger partial charge in [-0.3, -0.25) is 0 Å². The lowest BCUT2D eigenvalue weighted by molar-refractivity contribution is 0.0468. The zero-order valence-corrected chi connectivity index (χ0v) is 16.7. The van der Waals surface area contributed by atoms with E-state index >= 15 is 0 Å². The van der Waals surface area contributed by atoms with E-state index in [9.17, 15) is 13.2 Å². The van der Waals surface area contributed by atoms with E-state index in [1.54, 1.807) is 11.4 Å². The zero-order valence-electron chi connectivity index (χ0n) is 13.6. The van der Waals surface area contributed by atoms with E-state index in [1.165, 1.54) is 23.5 Å². The van der Waals surface area contributed by atoms with Crippen molar-refractivity contribution in [2.75, 3.05) is 0 Å². The van der Waals surface area contributed by atoms with Gasteiger partial charge in [0.15, 0.2) is 0 Å². The summed E-state index contributed by atoms with van der Waals surface area (Å²) in [6.45, 7) is -0.0763. The van der Waals surface area contributed by atoms with Crippen LogP contribution >= 0.6 is 34.5 Å². The second-order valence-corrected chi connectivity index (χ2v) is 8.59. The Morgan fingerprint density at radius 2 is 1.89 bits per heavy atom. The number of halogens is 2. The number of ether oxygens (including phenoxy) is 1. The van der Waals surface area contributed by atoms with Gasteiger partial charge in [-0.25, -0.2) is 23.3 Å². The Hall–Kier alpha value is -1.97. The summed E-state index contributed by atoms with van der Waals surface area (Å²) in [5.41, 5.74) is 1.35. The third-order valence-corrected chi connectivity index (χ3v) is 6.13. The molecular weight excluding hydrogens is 431 g/mol. The Morgan fingerprint density at radius 3 is 2.59 bits per heavy atom. The lowest BCUT2D eigenvalue weighted by Crippen LogP contribution is -2.14. The van der Waals surface area contributed by atoms with Crippen molar-refractivity contribution < 1.29 is 17.9 Å². The average Bonchev–Trinajstić information content (AvgIpc) is 3.08. The van der Waals surface area contributed by atoms with Crippen molar-refractivity contribution in [1.82, 2.24) is 4.98 Å². The molecule has 0 aliphatic carbocycles. The number of carbonyl (C=O) groups excluding carboxylic acids is 1. The van der Waals surface area contributed by atoms with Crippen molar-refractivity contribution in [3.05, 3.63) is 69.1 Å². The SMILES string of the molecule is NS(=O)(=O)c1cc(C(=O)OCc2csc(-c3ccccc3Cl)n2)ccc1Cl. The summed E-state index contributed by atoms with van der Waals surface area (Å²) in [5, 5.41) is 8.04. The van der Waals surface area contributed by atoms with Crippen molar-refractivity contribution in [3.63, 3.8) is 0 Å². The smallest absolute Gasteiger partial charge is 0.338 e. The fourth-order valence-electron chi connectivity index (χ4n) is 2.20. The number of carbonyl (C=O) groups is 1. The molecule has 3 aromatic rings. The number of sulfonamides is 1. The quantitative estimate of drug-likeness (QED) is 0.598. The first-order valence-electron chi connectivity index (χ1n) is 7.44. The number of hydrogen-bond acceptors (Lipinski definition) is 6. The van der Waals surface area contributed by atoms with Crippen LogP contribution in [0.25, 0.3) is 10.6 Å². The molecule has 0 amide bonds. The molecule has 1 heterocycles. The summed E-state index contributed by atoms with van der Waals surface area (Å²) in [5.74, 6) is -0.719. The largest absolute Gasteiger partial charge is 0.456 e. The van der Waals surface area contributed by atoms with Crippen molar-refractivity contribution >= 4 is 50.5 Å². The molecule has 1 aromatic heterocycles. The van der Waals surface area contributed by atoms with Crippen LogP contribution in [-0.2, 0) is 21.4 Å². The first-order chi connectivity index (χ1) is 12.8. The van der Waals surface area contributed by atoms with Crippen LogP contribution in [0.1, 0.15) is 16.1 Å². The molecule has 0 aliphatic rings. The lowest BCUT2D eigenvalue weighted by Gasteiger charge is -2.06. The highest BCUT2D eigenvalue weighted by Crippen LogP contribution is 2.30. The molecular formula is C17H12Cl2N2O4S2. The van der Waals surface area contributed by atoms with E-state index in [4.69, 9.17) is 33.1 Å². The average molecular weight is 443 g/mol. The van der Waals surface area contributed by atoms with Gasteiger partial charge in [0.05, 0.1) is 21.3 Å². The standard InChI is InChI=1S/C17H12Cl2N2O4S2/c18-13-4-2-1-3-12(13)16-21-11(9-26-16)8-25-17(22)10-5-6-14(19)15(7-10)27(20,23)24/h1-7,9H,8H2,(H2,20,23,24). The van der Waals surface area contributed by atoms with Crippen LogP contribution < -0.4 is 5.14 Å². The molecule has 10 heteroatoms. The van der Waals surface area contributed by atoms with Gasteiger partial charge >= 0.3 is 5.97 Å². The molecule has 0 aliphatic heterocycles. The summed E-state index contributed by atoms with van der Waals surface area (Å²) >= 11 is 13.3. The number of esters is 1. The van der Waals surface area contributed by atoms with Crippen molar-refractivity contribution in [2.45, 2.75) is 11.5 Å².